The van der Waals surface area contributed by atoms with Gasteiger partial charge >= 0.3 is 10.1 Å². The smallest absolute Gasteiger partial charge is 0.339 e. The maximum absolute atomic E-state index is 12.4. The van der Waals surface area contributed by atoms with Crippen LogP contribution in [0.2, 0.25) is 0 Å². The van der Waals surface area contributed by atoms with E-state index in [-0.39, 0.29) is 34.8 Å². The summed E-state index contributed by atoms with van der Waals surface area (Å²) in [6, 6.07) is 13.2. The Kier molecular flexibility index (Phi) is 5.50. The van der Waals surface area contributed by atoms with Gasteiger partial charge in [-0.15, -0.1) is 0 Å². The van der Waals surface area contributed by atoms with Crippen LogP contribution in [0.1, 0.15) is 38.0 Å². The first-order valence-electron chi connectivity index (χ1n) is 9.09. The van der Waals surface area contributed by atoms with Crippen molar-refractivity contribution in [3.63, 3.8) is 0 Å². The lowest BCUT2D eigenvalue weighted by molar-refractivity contribution is -0.156. The molecule has 2 aromatic rings. The summed E-state index contributed by atoms with van der Waals surface area (Å²) in [7, 11) is -3.89. The summed E-state index contributed by atoms with van der Waals surface area (Å²) < 4.78 is 35.7. The van der Waals surface area contributed by atoms with Gasteiger partial charge in [-0.3, -0.25) is 4.79 Å². The van der Waals surface area contributed by atoms with Gasteiger partial charge in [0.25, 0.3) is 0 Å². The summed E-state index contributed by atoms with van der Waals surface area (Å²) in [6.45, 7) is 8.32. The minimum atomic E-state index is -3.89. The van der Waals surface area contributed by atoms with Gasteiger partial charge in [0.15, 0.2) is 0 Å². The van der Waals surface area contributed by atoms with Gasteiger partial charge in [0.05, 0.1) is 6.54 Å². The minimum Gasteiger partial charge on any atom is -0.379 e. The zero-order chi connectivity index (χ0) is 20.5. The Labute approximate surface area is 166 Å². The molecule has 28 heavy (non-hydrogen) atoms. The number of hydrogen-bond acceptors (Lipinski definition) is 5. The van der Waals surface area contributed by atoms with Crippen LogP contribution in [0.4, 0.5) is 0 Å². The molecule has 0 spiro atoms. The number of carbonyl (C=O) groups excluding carboxylic acids is 1. The molecule has 3 rings (SSSR count). The molecule has 0 N–H and O–H groups in total. The number of benzene rings is 2. The van der Waals surface area contributed by atoms with Crippen LogP contribution in [0.25, 0.3) is 0 Å². The minimum absolute atomic E-state index is 0.0298. The Morgan fingerprint density at radius 3 is 2.21 bits per heavy atom. The van der Waals surface area contributed by atoms with Gasteiger partial charge in [-0.1, -0.05) is 29.8 Å². The third-order valence-electron chi connectivity index (χ3n) is 4.63. The van der Waals surface area contributed by atoms with Crippen LogP contribution in [0, 0.1) is 6.92 Å². The van der Waals surface area contributed by atoms with Crippen LogP contribution in [-0.4, -0.2) is 37.9 Å². The quantitative estimate of drug-likeness (QED) is 0.731. The van der Waals surface area contributed by atoms with Crippen molar-refractivity contribution in [3.05, 3.63) is 59.7 Å². The molecular formula is C21H25NO5S. The molecule has 1 fully saturated rings. The molecule has 1 heterocycles. The van der Waals surface area contributed by atoms with Crippen molar-refractivity contribution >= 4 is 16.0 Å². The second-order valence-corrected chi connectivity index (χ2v) is 9.44. The second kappa shape index (κ2) is 7.56. The summed E-state index contributed by atoms with van der Waals surface area (Å²) in [4.78, 5) is 14.0. The first-order valence-corrected chi connectivity index (χ1v) is 10.5. The topological polar surface area (TPSA) is 72.9 Å². The number of amides is 1. The number of hydrogen-bond donors (Lipinski definition) is 0. The predicted octanol–water partition coefficient (Wildman–Crippen LogP) is 3.46. The lowest BCUT2D eigenvalue weighted by Gasteiger charge is -2.41. The first-order chi connectivity index (χ1) is 13.1. The average Bonchev–Trinajstić information content (AvgIpc) is 2.62. The van der Waals surface area contributed by atoms with Crippen molar-refractivity contribution in [1.82, 2.24) is 4.90 Å². The summed E-state index contributed by atoms with van der Waals surface area (Å²) >= 11 is 0. The van der Waals surface area contributed by atoms with E-state index in [0.29, 0.717) is 6.54 Å². The van der Waals surface area contributed by atoms with E-state index in [0.717, 1.165) is 11.1 Å². The van der Waals surface area contributed by atoms with E-state index in [1.54, 1.807) is 41.3 Å². The molecule has 0 radical (unpaired) electrons. The predicted molar refractivity (Wildman–Crippen MR) is 106 cm³/mol. The molecule has 7 heteroatoms. The van der Waals surface area contributed by atoms with Crippen molar-refractivity contribution < 1.29 is 22.1 Å². The molecule has 0 saturated carbocycles. The van der Waals surface area contributed by atoms with E-state index in [1.807, 2.05) is 27.7 Å². The number of nitrogens with zero attached hydrogens (tertiary/aromatic N) is 1. The zero-order valence-corrected chi connectivity index (χ0v) is 17.3. The van der Waals surface area contributed by atoms with Crippen LogP contribution >= 0.6 is 0 Å². The van der Waals surface area contributed by atoms with E-state index >= 15 is 0 Å². The fourth-order valence-corrected chi connectivity index (χ4v) is 3.97. The SMILES string of the molecule is Cc1ccc(S(=O)(=O)Oc2ccc([C@H]3CN(C(C)(C)C)C(=O)CO3)cc2)cc1. The van der Waals surface area contributed by atoms with Gasteiger partial charge in [-0.25, -0.2) is 0 Å². The van der Waals surface area contributed by atoms with Crippen molar-refractivity contribution in [3.8, 4) is 5.75 Å². The second-order valence-electron chi connectivity index (χ2n) is 7.89. The monoisotopic (exact) mass is 403 g/mol. The Balaban J connectivity index is 1.73. The molecule has 1 amide bonds. The highest BCUT2D eigenvalue weighted by Gasteiger charge is 2.34. The molecular weight excluding hydrogens is 378 g/mol. The van der Waals surface area contributed by atoms with Crippen molar-refractivity contribution in [2.24, 2.45) is 0 Å². The molecule has 1 atom stereocenters. The lowest BCUT2D eigenvalue weighted by atomic mass is 10.0. The maximum Gasteiger partial charge on any atom is 0.339 e. The van der Waals surface area contributed by atoms with E-state index in [4.69, 9.17) is 8.92 Å². The molecule has 1 aliphatic rings. The highest BCUT2D eigenvalue weighted by atomic mass is 32.2. The summed E-state index contributed by atoms with van der Waals surface area (Å²) in [5.41, 5.74) is 1.55. The zero-order valence-electron chi connectivity index (χ0n) is 16.5. The molecule has 0 aromatic heterocycles. The fraction of sp³-hybridized carbons (Fsp3) is 0.381. The Bertz CT molecular complexity index is 944. The van der Waals surface area contributed by atoms with Crippen LogP contribution in [0.5, 0.6) is 5.75 Å². The number of aryl methyl sites for hydroxylation is 1. The number of carbonyl (C=O) groups is 1. The Hall–Kier alpha value is -2.38. The largest absolute Gasteiger partial charge is 0.379 e. The molecule has 2 aromatic carbocycles. The van der Waals surface area contributed by atoms with Crippen molar-refractivity contribution in [1.29, 1.82) is 0 Å². The standard InChI is InChI=1S/C21H25NO5S/c1-15-5-11-18(12-6-15)28(24,25)27-17-9-7-16(8-10-17)19-13-22(21(2,3)4)20(23)14-26-19/h5-12,19H,13-14H2,1-4H3/t19-/m1/s1. The van der Waals surface area contributed by atoms with Crippen LogP contribution in [-0.2, 0) is 19.6 Å². The van der Waals surface area contributed by atoms with Crippen LogP contribution < -0.4 is 4.18 Å². The van der Waals surface area contributed by atoms with Crippen LogP contribution in [0.15, 0.2) is 53.4 Å². The average molecular weight is 404 g/mol. The molecule has 150 valence electrons. The van der Waals surface area contributed by atoms with Gasteiger partial charge in [-0.05, 0) is 57.5 Å². The molecule has 0 unspecified atom stereocenters. The van der Waals surface area contributed by atoms with Gasteiger partial charge in [0.1, 0.15) is 23.4 Å². The summed E-state index contributed by atoms with van der Waals surface area (Å²) in [5, 5.41) is 0. The Morgan fingerprint density at radius 1 is 1.04 bits per heavy atom. The molecule has 0 bridgehead atoms. The lowest BCUT2D eigenvalue weighted by Crippen LogP contribution is -2.52. The van der Waals surface area contributed by atoms with Crippen molar-refractivity contribution in [2.75, 3.05) is 13.2 Å². The number of rotatable bonds is 4. The van der Waals surface area contributed by atoms with Crippen LogP contribution in [0.3, 0.4) is 0 Å². The normalized spacial score (nSPS) is 18.2. The third kappa shape index (κ3) is 4.54. The highest BCUT2D eigenvalue weighted by molar-refractivity contribution is 7.87. The van der Waals surface area contributed by atoms with E-state index in [9.17, 15) is 13.2 Å². The fourth-order valence-electron chi connectivity index (χ4n) is 3.04. The molecule has 1 aliphatic heterocycles. The first kappa shape index (κ1) is 20.4. The molecule has 1 saturated heterocycles. The van der Waals surface area contributed by atoms with Gasteiger partial charge in [0, 0.05) is 5.54 Å². The maximum atomic E-state index is 12.4. The molecule has 0 aliphatic carbocycles. The van der Waals surface area contributed by atoms with Gasteiger partial charge < -0.3 is 13.8 Å². The highest BCUT2D eigenvalue weighted by Crippen LogP contribution is 2.29. The number of morpholine rings is 1. The summed E-state index contributed by atoms with van der Waals surface area (Å²) in [6.07, 6.45) is -0.264. The van der Waals surface area contributed by atoms with Crippen molar-refractivity contribution in [2.45, 2.75) is 44.2 Å². The van der Waals surface area contributed by atoms with E-state index in [2.05, 4.69) is 0 Å². The summed E-state index contributed by atoms with van der Waals surface area (Å²) in [5.74, 6) is 0.191. The van der Waals surface area contributed by atoms with Gasteiger partial charge in [0.2, 0.25) is 5.91 Å². The van der Waals surface area contributed by atoms with E-state index < -0.39 is 10.1 Å². The Morgan fingerprint density at radius 2 is 1.64 bits per heavy atom. The third-order valence-corrected chi connectivity index (χ3v) is 5.90. The van der Waals surface area contributed by atoms with E-state index in [1.165, 1.54) is 12.1 Å². The molecule has 6 nitrogen and oxygen atoms in total. The van der Waals surface area contributed by atoms with Gasteiger partial charge in [-0.2, -0.15) is 8.42 Å². The number of ether oxygens (including phenoxy) is 1.